The normalized spacial score (nSPS) is 10.5. The standard InChI is InChI=1S/C10H6Br2.C10H6BrF/c2*11-8-5-1-3-7-4-2-6-9(12)10(7)8/h2*1-6H. The van der Waals surface area contributed by atoms with Crippen molar-refractivity contribution in [1.82, 2.24) is 0 Å². The first-order valence-electron chi connectivity index (χ1n) is 7.23. The van der Waals surface area contributed by atoms with Gasteiger partial charge in [0.1, 0.15) is 5.82 Å². The molecule has 0 aliphatic heterocycles. The van der Waals surface area contributed by atoms with Gasteiger partial charge in [-0.3, -0.25) is 0 Å². The predicted octanol–water partition coefficient (Wildman–Crippen LogP) is 8.11. The highest BCUT2D eigenvalue weighted by Gasteiger charge is 2.02. The van der Waals surface area contributed by atoms with Crippen molar-refractivity contribution >= 4 is 69.3 Å². The second-order valence-corrected chi connectivity index (χ2v) is 7.72. The van der Waals surface area contributed by atoms with E-state index in [2.05, 4.69) is 59.9 Å². The molecule has 0 saturated carbocycles. The molecule has 4 aromatic rings. The number of benzene rings is 4. The monoisotopic (exact) mass is 508 g/mol. The first-order valence-corrected chi connectivity index (χ1v) is 9.61. The molecule has 0 bridgehead atoms. The fourth-order valence-corrected chi connectivity index (χ4v) is 4.53. The third-order valence-electron chi connectivity index (χ3n) is 3.61. The lowest BCUT2D eigenvalue weighted by atomic mass is 10.1. The van der Waals surface area contributed by atoms with Crippen LogP contribution in [0.5, 0.6) is 0 Å². The van der Waals surface area contributed by atoms with E-state index in [1.54, 1.807) is 6.07 Å². The van der Waals surface area contributed by atoms with Crippen LogP contribution in [0.15, 0.2) is 86.2 Å². The molecule has 0 aliphatic rings. The lowest BCUT2D eigenvalue weighted by Crippen LogP contribution is -1.79. The topological polar surface area (TPSA) is 0 Å². The third kappa shape index (κ3) is 3.71. The molecule has 0 aliphatic carbocycles. The summed E-state index contributed by atoms with van der Waals surface area (Å²) in [5.74, 6) is -0.181. The van der Waals surface area contributed by atoms with Crippen molar-refractivity contribution in [2.45, 2.75) is 0 Å². The first kappa shape index (κ1) is 17.6. The highest BCUT2D eigenvalue weighted by atomic mass is 79.9. The smallest absolute Gasteiger partial charge is 0.132 e. The van der Waals surface area contributed by atoms with Crippen LogP contribution in [0.4, 0.5) is 4.39 Å². The second-order valence-electron chi connectivity index (χ2n) is 5.16. The van der Waals surface area contributed by atoms with Crippen LogP contribution < -0.4 is 0 Å². The van der Waals surface area contributed by atoms with Gasteiger partial charge < -0.3 is 0 Å². The van der Waals surface area contributed by atoms with Gasteiger partial charge in [0.15, 0.2) is 0 Å². The summed E-state index contributed by atoms with van der Waals surface area (Å²) in [6.07, 6.45) is 0. The summed E-state index contributed by atoms with van der Waals surface area (Å²) in [6, 6.07) is 23.1. The highest BCUT2D eigenvalue weighted by Crippen LogP contribution is 2.30. The van der Waals surface area contributed by atoms with E-state index in [9.17, 15) is 4.39 Å². The fourth-order valence-electron chi connectivity index (χ4n) is 2.50. The molecule has 0 aromatic heterocycles. The SMILES string of the molecule is Brc1cccc2cccc(Br)c12.Fc1cccc2cccc(Br)c12. The van der Waals surface area contributed by atoms with E-state index in [1.807, 2.05) is 48.5 Å². The maximum Gasteiger partial charge on any atom is 0.132 e. The second kappa shape index (κ2) is 7.77. The summed E-state index contributed by atoms with van der Waals surface area (Å²) >= 11 is 10.3. The molecule has 24 heavy (non-hydrogen) atoms. The van der Waals surface area contributed by atoms with E-state index < -0.39 is 0 Å². The predicted molar refractivity (Wildman–Crippen MR) is 111 cm³/mol. The van der Waals surface area contributed by atoms with Crippen LogP contribution in [-0.2, 0) is 0 Å². The maximum absolute atomic E-state index is 13.2. The van der Waals surface area contributed by atoms with E-state index in [0.717, 1.165) is 18.8 Å². The summed E-state index contributed by atoms with van der Waals surface area (Å²) in [5, 5.41) is 4.06. The van der Waals surface area contributed by atoms with Gasteiger partial charge in [0, 0.05) is 24.2 Å². The zero-order valence-electron chi connectivity index (χ0n) is 12.4. The zero-order valence-corrected chi connectivity index (χ0v) is 17.2. The Kier molecular flexibility index (Phi) is 5.69. The Bertz CT molecular complexity index is 855. The Balaban J connectivity index is 0.000000141. The Hall–Kier alpha value is -1.23. The van der Waals surface area contributed by atoms with Gasteiger partial charge in [0.25, 0.3) is 0 Å². The van der Waals surface area contributed by atoms with Gasteiger partial charge in [-0.05, 0) is 35.0 Å². The molecule has 120 valence electrons. The minimum absolute atomic E-state index is 0.181. The molecule has 0 nitrogen and oxygen atoms in total. The van der Waals surface area contributed by atoms with Crippen molar-refractivity contribution in [1.29, 1.82) is 0 Å². The van der Waals surface area contributed by atoms with Gasteiger partial charge in [-0.1, -0.05) is 96.3 Å². The van der Waals surface area contributed by atoms with Crippen LogP contribution >= 0.6 is 47.8 Å². The molecule has 0 amide bonds. The van der Waals surface area contributed by atoms with E-state index in [0.29, 0.717) is 5.39 Å². The molecule has 0 radical (unpaired) electrons. The van der Waals surface area contributed by atoms with E-state index in [-0.39, 0.29) is 5.82 Å². The highest BCUT2D eigenvalue weighted by molar-refractivity contribution is 9.11. The molecule has 0 unspecified atom stereocenters. The van der Waals surface area contributed by atoms with Gasteiger partial charge >= 0.3 is 0 Å². The summed E-state index contributed by atoms with van der Waals surface area (Å²) in [5.41, 5.74) is 0. The molecule has 0 N–H and O–H groups in total. The Morgan fingerprint density at radius 1 is 0.500 bits per heavy atom. The molecule has 4 aromatic carbocycles. The molecule has 0 fully saturated rings. The summed E-state index contributed by atoms with van der Waals surface area (Å²) in [4.78, 5) is 0. The van der Waals surface area contributed by atoms with Gasteiger partial charge in [-0.25, -0.2) is 4.39 Å². The quantitative estimate of drug-likeness (QED) is 0.224. The molecular formula is C20H12Br3F. The molecule has 0 spiro atoms. The molecular weight excluding hydrogens is 499 g/mol. The molecule has 0 atom stereocenters. The average molecular weight is 511 g/mol. The van der Waals surface area contributed by atoms with E-state index >= 15 is 0 Å². The van der Waals surface area contributed by atoms with Crippen molar-refractivity contribution in [3.63, 3.8) is 0 Å². The van der Waals surface area contributed by atoms with Gasteiger partial charge in [0.2, 0.25) is 0 Å². The van der Waals surface area contributed by atoms with Crippen molar-refractivity contribution in [2.75, 3.05) is 0 Å². The lowest BCUT2D eigenvalue weighted by molar-refractivity contribution is 0.639. The van der Waals surface area contributed by atoms with Crippen LogP contribution in [0.3, 0.4) is 0 Å². The van der Waals surface area contributed by atoms with Crippen molar-refractivity contribution in [3.05, 3.63) is 92.0 Å². The van der Waals surface area contributed by atoms with E-state index in [4.69, 9.17) is 0 Å². The summed E-state index contributed by atoms with van der Waals surface area (Å²) < 4.78 is 16.3. The zero-order chi connectivity index (χ0) is 17.1. The number of fused-ring (bicyclic) bond motifs is 2. The third-order valence-corrected chi connectivity index (χ3v) is 5.59. The van der Waals surface area contributed by atoms with Crippen LogP contribution in [0.25, 0.3) is 21.5 Å². The maximum atomic E-state index is 13.2. The van der Waals surface area contributed by atoms with Gasteiger partial charge in [0.05, 0.1) is 0 Å². The average Bonchev–Trinajstić information content (AvgIpc) is 2.56. The largest absolute Gasteiger partial charge is 0.206 e. The van der Waals surface area contributed by atoms with E-state index in [1.165, 1.54) is 16.8 Å². The van der Waals surface area contributed by atoms with Gasteiger partial charge in [-0.2, -0.15) is 0 Å². The molecule has 4 heteroatoms. The van der Waals surface area contributed by atoms with Crippen LogP contribution in [0.2, 0.25) is 0 Å². The Morgan fingerprint density at radius 3 is 1.29 bits per heavy atom. The minimum Gasteiger partial charge on any atom is -0.206 e. The summed E-state index contributed by atoms with van der Waals surface area (Å²) in [7, 11) is 0. The number of rotatable bonds is 0. The molecule has 4 rings (SSSR count). The number of halogens is 4. The molecule has 0 saturated heterocycles. The number of hydrogen-bond acceptors (Lipinski definition) is 0. The Labute approximate surface area is 165 Å². The van der Waals surface area contributed by atoms with Crippen molar-refractivity contribution in [2.24, 2.45) is 0 Å². The molecule has 0 heterocycles. The minimum atomic E-state index is -0.181. The van der Waals surface area contributed by atoms with Crippen molar-refractivity contribution in [3.8, 4) is 0 Å². The van der Waals surface area contributed by atoms with Crippen LogP contribution in [-0.4, -0.2) is 0 Å². The lowest BCUT2D eigenvalue weighted by Gasteiger charge is -2.01. The van der Waals surface area contributed by atoms with Crippen LogP contribution in [0.1, 0.15) is 0 Å². The Morgan fingerprint density at radius 2 is 0.875 bits per heavy atom. The van der Waals surface area contributed by atoms with Crippen LogP contribution in [0, 0.1) is 5.82 Å². The van der Waals surface area contributed by atoms with Crippen molar-refractivity contribution < 1.29 is 4.39 Å². The van der Waals surface area contributed by atoms with Gasteiger partial charge in [-0.15, -0.1) is 0 Å². The number of hydrogen-bond donors (Lipinski definition) is 0. The first-order chi connectivity index (χ1) is 11.6. The summed E-state index contributed by atoms with van der Waals surface area (Å²) in [6.45, 7) is 0. The fraction of sp³-hybridized carbons (Fsp3) is 0.